The van der Waals surface area contributed by atoms with Crippen LogP contribution in [-0.4, -0.2) is 0 Å². The maximum absolute atomic E-state index is 2.57. The Morgan fingerprint density at radius 1 is 0.688 bits per heavy atom. The second-order valence-corrected chi connectivity index (χ2v) is 12.8. The number of hydrogen-bond donors (Lipinski definition) is 0. The van der Waals surface area contributed by atoms with Crippen LogP contribution >= 0.6 is 0 Å². The second kappa shape index (κ2) is 9.84. The molecule has 0 saturated heterocycles. The largest absolute Gasteiger partial charge is 0.0654 e. The predicted octanol–water partition coefficient (Wildman–Crippen LogP) is 9.96. The molecule has 0 unspecified atom stereocenters. The third-order valence-electron chi connectivity index (χ3n) is 11.4. The second-order valence-electron chi connectivity index (χ2n) is 12.8. The van der Waals surface area contributed by atoms with Crippen LogP contribution in [0.25, 0.3) is 0 Å². The van der Waals surface area contributed by atoms with E-state index < -0.39 is 0 Å². The van der Waals surface area contributed by atoms with E-state index in [9.17, 15) is 0 Å². The molecule has 6 rings (SSSR count). The Labute approximate surface area is 199 Å². The van der Waals surface area contributed by atoms with Gasteiger partial charge >= 0.3 is 0 Å². The molecule has 178 valence electrons. The van der Waals surface area contributed by atoms with Gasteiger partial charge < -0.3 is 0 Å². The summed E-state index contributed by atoms with van der Waals surface area (Å²) in [7, 11) is 0. The molecule has 5 saturated carbocycles. The smallest absolute Gasteiger partial charge is 0.00463 e. The van der Waals surface area contributed by atoms with Gasteiger partial charge in [-0.2, -0.15) is 0 Å². The highest BCUT2D eigenvalue weighted by Gasteiger charge is 2.52. The van der Waals surface area contributed by atoms with Gasteiger partial charge in [-0.25, -0.2) is 0 Å². The first kappa shape index (κ1) is 23.0. The topological polar surface area (TPSA) is 0 Å². The van der Waals surface area contributed by atoms with Gasteiger partial charge in [0.25, 0.3) is 0 Å². The van der Waals surface area contributed by atoms with Crippen LogP contribution in [0, 0.1) is 23.2 Å². The number of benzene rings is 1. The fraction of sp³-hybridized carbons (Fsp3) is 0.812. The predicted molar refractivity (Wildman–Crippen MR) is 138 cm³/mol. The summed E-state index contributed by atoms with van der Waals surface area (Å²) < 4.78 is 0. The zero-order chi connectivity index (χ0) is 22.0. The van der Waals surface area contributed by atoms with Crippen molar-refractivity contribution in [3.63, 3.8) is 0 Å². The van der Waals surface area contributed by atoms with E-state index in [1.54, 1.807) is 36.8 Å². The molecule has 0 heteroatoms. The fourth-order valence-electron chi connectivity index (χ4n) is 8.83. The van der Waals surface area contributed by atoms with Crippen molar-refractivity contribution < 1.29 is 0 Å². The monoisotopic (exact) mass is 434 g/mol. The van der Waals surface area contributed by atoms with Crippen LogP contribution in [0.4, 0.5) is 0 Å². The maximum atomic E-state index is 2.57. The van der Waals surface area contributed by atoms with Crippen molar-refractivity contribution in [1.29, 1.82) is 0 Å². The molecular formula is C32H50. The number of unbranched alkanes of at least 4 members (excludes halogenated alkanes) is 1. The Balaban J connectivity index is 1.18. The van der Waals surface area contributed by atoms with E-state index in [0.29, 0.717) is 5.41 Å². The van der Waals surface area contributed by atoms with E-state index in [-0.39, 0.29) is 0 Å². The van der Waals surface area contributed by atoms with Crippen LogP contribution < -0.4 is 0 Å². The summed E-state index contributed by atoms with van der Waals surface area (Å²) in [6.45, 7) is 4.73. The van der Waals surface area contributed by atoms with Crippen molar-refractivity contribution in [3.8, 4) is 0 Å². The Bertz CT molecular complexity index is 686. The average Bonchev–Trinajstić information content (AvgIpc) is 2.89. The standard InChI is InChI=1S/C32H50/c1-3-5-6-26-9-15-29(16-10-26)31-19-22-32(23-20-31,24-21-31)30-17-13-28(14-18-30)27-11-7-25(4-2)8-12-27/h13-14,17-18,25-27,29H,3-12,15-16,19-24H2,1-2H3/t25-,26?,27-,29?,31?,32?. The van der Waals surface area contributed by atoms with Crippen molar-refractivity contribution in [1.82, 2.24) is 0 Å². The van der Waals surface area contributed by atoms with E-state index >= 15 is 0 Å². The van der Waals surface area contributed by atoms with Gasteiger partial charge in [-0.1, -0.05) is 76.6 Å². The summed E-state index contributed by atoms with van der Waals surface area (Å²) in [5.41, 5.74) is 4.59. The lowest BCUT2D eigenvalue weighted by molar-refractivity contribution is -0.0294. The van der Waals surface area contributed by atoms with Crippen LogP contribution in [-0.2, 0) is 5.41 Å². The molecule has 0 heterocycles. The third-order valence-corrected chi connectivity index (χ3v) is 11.4. The molecule has 0 radical (unpaired) electrons. The number of rotatable bonds is 7. The molecule has 0 spiro atoms. The summed E-state index contributed by atoms with van der Waals surface area (Å²) in [5.74, 6) is 3.95. The molecule has 0 N–H and O–H groups in total. The maximum Gasteiger partial charge on any atom is -0.00463 e. The zero-order valence-electron chi connectivity index (χ0n) is 21.3. The van der Waals surface area contributed by atoms with Gasteiger partial charge in [-0.05, 0) is 123 Å². The van der Waals surface area contributed by atoms with E-state index in [0.717, 1.165) is 29.1 Å². The van der Waals surface area contributed by atoms with Gasteiger partial charge in [0.2, 0.25) is 0 Å². The van der Waals surface area contributed by atoms with E-state index in [1.807, 2.05) is 0 Å². The summed E-state index contributed by atoms with van der Waals surface area (Å²) >= 11 is 0. The van der Waals surface area contributed by atoms with E-state index in [2.05, 4.69) is 38.1 Å². The molecule has 32 heavy (non-hydrogen) atoms. The molecule has 2 bridgehead atoms. The SMILES string of the molecule is CCCCC1CCC(C23CCC(c4ccc([C@H]5CC[C@H](CC)CC5)cc4)(CC2)CC3)CC1. The van der Waals surface area contributed by atoms with Gasteiger partial charge in [0, 0.05) is 0 Å². The zero-order valence-corrected chi connectivity index (χ0v) is 21.3. The van der Waals surface area contributed by atoms with Crippen LogP contribution in [0.15, 0.2) is 24.3 Å². The van der Waals surface area contributed by atoms with Gasteiger partial charge in [0.1, 0.15) is 0 Å². The van der Waals surface area contributed by atoms with Crippen LogP contribution in [0.5, 0.6) is 0 Å². The molecule has 5 aliphatic carbocycles. The molecule has 0 amide bonds. The minimum atomic E-state index is 0.526. The number of fused-ring (bicyclic) bond motifs is 3. The summed E-state index contributed by atoms with van der Waals surface area (Å²) in [4.78, 5) is 0. The Morgan fingerprint density at radius 2 is 1.28 bits per heavy atom. The van der Waals surface area contributed by atoms with Crippen molar-refractivity contribution in [2.75, 3.05) is 0 Å². The average molecular weight is 435 g/mol. The lowest BCUT2D eigenvalue weighted by atomic mass is 9.47. The van der Waals surface area contributed by atoms with Gasteiger partial charge in [-0.15, -0.1) is 0 Å². The molecule has 0 atom stereocenters. The highest BCUT2D eigenvalue weighted by atomic mass is 14.6. The Morgan fingerprint density at radius 3 is 1.84 bits per heavy atom. The molecule has 1 aromatic carbocycles. The van der Waals surface area contributed by atoms with Gasteiger partial charge in [-0.3, -0.25) is 0 Å². The van der Waals surface area contributed by atoms with Crippen LogP contribution in [0.3, 0.4) is 0 Å². The molecular weight excluding hydrogens is 384 g/mol. The van der Waals surface area contributed by atoms with Gasteiger partial charge in [0.05, 0.1) is 0 Å². The fourth-order valence-corrected chi connectivity index (χ4v) is 8.83. The first-order valence-corrected chi connectivity index (χ1v) is 14.8. The van der Waals surface area contributed by atoms with Crippen molar-refractivity contribution >= 4 is 0 Å². The molecule has 5 aliphatic rings. The van der Waals surface area contributed by atoms with Crippen LogP contribution in [0.1, 0.15) is 146 Å². The molecule has 0 aliphatic heterocycles. The Hall–Kier alpha value is -0.780. The molecule has 1 aromatic rings. The molecule has 5 fully saturated rings. The normalized spacial score (nSPS) is 39.8. The summed E-state index contributed by atoms with van der Waals surface area (Å²) in [6.07, 6.45) is 26.7. The third kappa shape index (κ3) is 4.46. The minimum absolute atomic E-state index is 0.526. The first-order valence-electron chi connectivity index (χ1n) is 14.8. The number of hydrogen-bond acceptors (Lipinski definition) is 0. The minimum Gasteiger partial charge on any atom is -0.0654 e. The highest BCUT2D eigenvalue weighted by molar-refractivity contribution is 5.33. The van der Waals surface area contributed by atoms with Crippen LogP contribution in [0.2, 0.25) is 0 Å². The summed E-state index contributed by atoms with van der Waals surface area (Å²) in [6, 6.07) is 10.2. The highest BCUT2D eigenvalue weighted by Crippen LogP contribution is 2.62. The van der Waals surface area contributed by atoms with E-state index in [4.69, 9.17) is 0 Å². The first-order chi connectivity index (χ1) is 15.7. The lowest BCUT2D eigenvalue weighted by Crippen LogP contribution is -2.48. The molecule has 0 nitrogen and oxygen atoms in total. The van der Waals surface area contributed by atoms with Gasteiger partial charge in [0.15, 0.2) is 0 Å². The van der Waals surface area contributed by atoms with E-state index in [1.165, 1.54) is 89.9 Å². The van der Waals surface area contributed by atoms with Crippen molar-refractivity contribution in [3.05, 3.63) is 35.4 Å². The lowest BCUT2D eigenvalue weighted by Gasteiger charge is -2.58. The van der Waals surface area contributed by atoms with Crippen molar-refractivity contribution in [2.24, 2.45) is 23.2 Å². The van der Waals surface area contributed by atoms with Crippen molar-refractivity contribution in [2.45, 2.75) is 141 Å². The summed E-state index contributed by atoms with van der Waals surface area (Å²) in [5, 5.41) is 0. The molecule has 0 aromatic heterocycles. The quantitative estimate of drug-likeness (QED) is 0.400. The Kier molecular flexibility index (Phi) is 7.06.